The first-order valence-corrected chi connectivity index (χ1v) is 5.32. The molecule has 0 spiro atoms. The Labute approximate surface area is 99.8 Å². The van der Waals surface area contributed by atoms with Gasteiger partial charge in [0.1, 0.15) is 17.9 Å². The second kappa shape index (κ2) is 5.71. The minimum atomic E-state index is -0.530. The first-order valence-electron chi connectivity index (χ1n) is 5.32. The van der Waals surface area contributed by atoms with Gasteiger partial charge in [0.15, 0.2) is 0 Å². The van der Waals surface area contributed by atoms with Gasteiger partial charge in [0.05, 0.1) is 11.6 Å². The Morgan fingerprint density at radius 1 is 1.29 bits per heavy atom. The molecule has 2 rings (SSSR count). The molecule has 1 aliphatic rings. The van der Waals surface area contributed by atoms with Crippen LogP contribution in [-0.4, -0.2) is 17.7 Å². The molecule has 0 unspecified atom stereocenters. The number of aliphatic hydroxyl groups excluding tert-OH is 1. The van der Waals surface area contributed by atoms with Crippen molar-refractivity contribution >= 4 is 11.5 Å². The summed E-state index contributed by atoms with van der Waals surface area (Å²) < 4.78 is 4.66. The number of hydrogen-bond acceptors (Lipinski definition) is 4. The molecule has 1 N–H and O–H groups in total. The van der Waals surface area contributed by atoms with E-state index in [2.05, 4.69) is 4.74 Å². The highest BCUT2D eigenvalue weighted by molar-refractivity contribution is 6.18. The lowest BCUT2D eigenvalue weighted by molar-refractivity contribution is -0.134. The Morgan fingerprint density at radius 3 is 2.29 bits per heavy atom. The standard InChI is InChI=1S/C11H7NO3.C2H6/c12-5-7-1-3-8(4-2-7)10-9(13)6-15-11(10)14;1-2/h1-4,13H,6H2;1-2H3. The van der Waals surface area contributed by atoms with Crippen LogP contribution in [0.4, 0.5) is 0 Å². The number of nitrogens with zero attached hydrogens (tertiary/aromatic N) is 1. The van der Waals surface area contributed by atoms with E-state index >= 15 is 0 Å². The largest absolute Gasteiger partial charge is 0.508 e. The number of benzene rings is 1. The summed E-state index contributed by atoms with van der Waals surface area (Å²) in [6.45, 7) is 3.92. The summed E-state index contributed by atoms with van der Waals surface area (Å²) in [5.41, 5.74) is 1.25. The number of carbonyl (C=O) groups excluding carboxylic acids is 1. The number of nitriles is 1. The van der Waals surface area contributed by atoms with Crippen LogP contribution >= 0.6 is 0 Å². The Hall–Kier alpha value is -2.28. The van der Waals surface area contributed by atoms with Crippen molar-refractivity contribution < 1.29 is 14.6 Å². The van der Waals surface area contributed by atoms with Gasteiger partial charge in [0.25, 0.3) is 0 Å². The molecule has 17 heavy (non-hydrogen) atoms. The number of cyclic esters (lactones) is 1. The molecule has 0 aromatic heterocycles. The maximum absolute atomic E-state index is 11.2. The zero-order chi connectivity index (χ0) is 12.8. The van der Waals surface area contributed by atoms with Crippen LogP contribution in [0.5, 0.6) is 0 Å². The fourth-order valence-corrected chi connectivity index (χ4v) is 1.39. The van der Waals surface area contributed by atoms with Gasteiger partial charge in [-0.25, -0.2) is 4.79 Å². The molecule has 4 nitrogen and oxygen atoms in total. The van der Waals surface area contributed by atoms with E-state index in [0.29, 0.717) is 11.1 Å². The van der Waals surface area contributed by atoms with E-state index in [4.69, 9.17) is 5.26 Å². The van der Waals surface area contributed by atoms with Crippen LogP contribution in [0, 0.1) is 11.3 Å². The summed E-state index contributed by atoms with van der Waals surface area (Å²) in [6, 6.07) is 8.36. The highest BCUT2D eigenvalue weighted by atomic mass is 16.5. The molecule has 88 valence electrons. The first kappa shape index (κ1) is 12.8. The zero-order valence-corrected chi connectivity index (χ0v) is 9.73. The molecule has 0 saturated carbocycles. The summed E-state index contributed by atoms with van der Waals surface area (Å²) >= 11 is 0. The van der Waals surface area contributed by atoms with Crippen molar-refractivity contribution in [3.05, 3.63) is 41.2 Å². The minimum Gasteiger partial charge on any atom is -0.508 e. The van der Waals surface area contributed by atoms with Crippen LogP contribution in [0.15, 0.2) is 30.0 Å². The van der Waals surface area contributed by atoms with Crippen LogP contribution in [0.2, 0.25) is 0 Å². The van der Waals surface area contributed by atoms with Crippen molar-refractivity contribution in [2.45, 2.75) is 13.8 Å². The minimum absolute atomic E-state index is 0.0651. The summed E-state index contributed by atoms with van der Waals surface area (Å²) in [6.07, 6.45) is 0. The molecule has 0 aliphatic carbocycles. The first-order chi connectivity index (χ1) is 8.22. The van der Waals surface area contributed by atoms with Crippen molar-refractivity contribution in [2.75, 3.05) is 6.61 Å². The highest BCUT2D eigenvalue weighted by Gasteiger charge is 2.25. The highest BCUT2D eigenvalue weighted by Crippen LogP contribution is 2.24. The predicted octanol–water partition coefficient (Wildman–Crippen LogP) is 2.41. The van der Waals surface area contributed by atoms with Gasteiger partial charge < -0.3 is 9.84 Å². The van der Waals surface area contributed by atoms with E-state index in [0.717, 1.165) is 0 Å². The number of ether oxygens (including phenoxy) is 1. The zero-order valence-electron chi connectivity index (χ0n) is 9.73. The van der Waals surface area contributed by atoms with Crippen molar-refractivity contribution in [2.24, 2.45) is 0 Å². The second-order valence-corrected chi connectivity index (χ2v) is 3.09. The van der Waals surface area contributed by atoms with E-state index in [1.165, 1.54) is 0 Å². The smallest absolute Gasteiger partial charge is 0.342 e. The molecule has 1 heterocycles. The van der Waals surface area contributed by atoms with Gasteiger partial charge >= 0.3 is 5.97 Å². The van der Waals surface area contributed by atoms with Gasteiger partial charge in [-0.2, -0.15) is 5.26 Å². The van der Waals surface area contributed by atoms with Crippen LogP contribution in [0.3, 0.4) is 0 Å². The summed E-state index contributed by atoms with van der Waals surface area (Å²) in [7, 11) is 0. The molecule has 0 bridgehead atoms. The monoisotopic (exact) mass is 231 g/mol. The van der Waals surface area contributed by atoms with Crippen LogP contribution < -0.4 is 0 Å². The number of hydrogen-bond donors (Lipinski definition) is 1. The van der Waals surface area contributed by atoms with Gasteiger partial charge in [-0.15, -0.1) is 0 Å². The van der Waals surface area contributed by atoms with E-state index in [1.54, 1.807) is 24.3 Å². The molecule has 0 fully saturated rings. The summed E-state index contributed by atoms with van der Waals surface area (Å²) in [4.78, 5) is 11.2. The number of rotatable bonds is 1. The van der Waals surface area contributed by atoms with Gasteiger partial charge in [-0.05, 0) is 17.7 Å². The normalized spacial score (nSPS) is 13.6. The van der Waals surface area contributed by atoms with Crippen LogP contribution in [-0.2, 0) is 9.53 Å². The lowest BCUT2D eigenvalue weighted by atomic mass is 10.0. The van der Waals surface area contributed by atoms with Crippen molar-refractivity contribution in [3.63, 3.8) is 0 Å². The van der Waals surface area contributed by atoms with Gasteiger partial charge in [0.2, 0.25) is 0 Å². The third kappa shape index (κ3) is 2.64. The van der Waals surface area contributed by atoms with E-state index in [1.807, 2.05) is 19.9 Å². The number of aliphatic hydroxyl groups is 1. The molecule has 1 aliphatic heterocycles. The van der Waals surface area contributed by atoms with Crippen molar-refractivity contribution in [1.82, 2.24) is 0 Å². The van der Waals surface area contributed by atoms with Crippen molar-refractivity contribution in [1.29, 1.82) is 5.26 Å². The topological polar surface area (TPSA) is 70.3 Å². The lowest BCUT2D eigenvalue weighted by Crippen LogP contribution is -1.98. The fourth-order valence-electron chi connectivity index (χ4n) is 1.39. The molecule has 0 atom stereocenters. The molecule has 1 aromatic carbocycles. The fraction of sp³-hybridized carbons (Fsp3) is 0.231. The van der Waals surface area contributed by atoms with Crippen LogP contribution in [0.1, 0.15) is 25.0 Å². The molecular weight excluding hydrogens is 218 g/mol. The third-order valence-corrected chi connectivity index (χ3v) is 2.14. The van der Waals surface area contributed by atoms with E-state index in [-0.39, 0.29) is 17.9 Å². The summed E-state index contributed by atoms with van der Waals surface area (Å²) in [5.74, 6) is -0.595. The van der Waals surface area contributed by atoms with Crippen molar-refractivity contribution in [3.8, 4) is 6.07 Å². The predicted molar refractivity (Wildman–Crippen MR) is 63.0 cm³/mol. The lowest BCUT2D eigenvalue weighted by Gasteiger charge is -1.99. The number of esters is 1. The van der Waals surface area contributed by atoms with E-state index < -0.39 is 5.97 Å². The Balaban J connectivity index is 0.000000686. The Kier molecular flexibility index (Phi) is 4.29. The average molecular weight is 231 g/mol. The molecule has 0 amide bonds. The maximum atomic E-state index is 11.2. The Morgan fingerprint density at radius 2 is 1.88 bits per heavy atom. The quantitative estimate of drug-likeness (QED) is 0.753. The molecule has 0 saturated heterocycles. The summed E-state index contributed by atoms with van der Waals surface area (Å²) in [5, 5.41) is 18.0. The van der Waals surface area contributed by atoms with Gasteiger partial charge in [0, 0.05) is 0 Å². The molecule has 4 heteroatoms. The molecule has 0 radical (unpaired) electrons. The van der Waals surface area contributed by atoms with Gasteiger partial charge in [-0.1, -0.05) is 26.0 Å². The van der Waals surface area contributed by atoms with Gasteiger partial charge in [-0.3, -0.25) is 0 Å². The number of carbonyl (C=O) groups is 1. The SMILES string of the molecule is CC.N#Cc1ccc(C2=C(O)COC2=O)cc1. The third-order valence-electron chi connectivity index (χ3n) is 2.14. The molecular formula is C13H13NO3. The maximum Gasteiger partial charge on any atom is 0.342 e. The van der Waals surface area contributed by atoms with Crippen LogP contribution in [0.25, 0.3) is 5.57 Å². The molecule has 1 aromatic rings. The van der Waals surface area contributed by atoms with E-state index in [9.17, 15) is 9.90 Å². The second-order valence-electron chi connectivity index (χ2n) is 3.09. The average Bonchev–Trinajstić information content (AvgIpc) is 2.72. The Bertz CT molecular complexity index is 480.